The third-order valence-electron chi connectivity index (χ3n) is 5.93. The fraction of sp³-hybridized carbons (Fsp3) is 0.333. The number of quaternary nitrogens is 1. The maximum Gasteiger partial charge on any atom is 0.191 e. The van der Waals surface area contributed by atoms with Crippen molar-refractivity contribution in [2.45, 2.75) is 24.6 Å². The molecule has 2 aromatic rings. The van der Waals surface area contributed by atoms with Crippen molar-refractivity contribution in [1.29, 1.82) is 0 Å². The van der Waals surface area contributed by atoms with E-state index in [1.54, 1.807) is 11.0 Å². The number of nitrogens with zero attached hydrogens (tertiary/aromatic N) is 1. The molecule has 3 aliphatic heterocycles. The third kappa shape index (κ3) is 2.83. The summed E-state index contributed by atoms with van der Waals surface area (Å²) in [7, 11) is 2.25. The number of hydrogen-bond acceptors (Lipinski definition) is 3. The quantitative estimate of drug-likeness (QED) is 0.766. The molecule has 4 nitrogen and oxygen atoms in total. The minimum Gasteiger partial charge on any atom is -0.470 e. The second kappa shape index (κ2) is 6.42. The van der Waals surface area contributed by atoms with E-state index in [0.717, 1.165) is 42.9 Å². The van der Waals surface area contributed by atoms with Crippen LogP contribution in [0, 0.1) is 0 Å². The van der Waals surface area contributed by atoms with Gasteiger partial charge in [-0.3, -0.25) is 0 Å². The molecule has 0 bridgehead atoms. The number of benzene rings is 2. The van der Waals surface area contributed by atoms with E-state index in [0.29, 0.717) is 10.0 Å². The van der Waals surface area contributed by atoms with E-state index in [4.69, 9.17) is 27.9 Å². The zero-order chi connectivity index (χ0) is 18.6. The summed E-state index contributed by atoms with van der Waals surface area (Å²) >= 11 is 12.6. The van der Waals surface area contributed by atoms with Gasteiger partial charge in [0.25, 0.3) is 0 Å². The van der Waals surface area contributed by atoms with Crippen molar-refractivity contribution >= 4 is 28.9 Å². The molecule has 0 aliphatic carbocycles. The molecule has 0 amide bonds. The SMILES string of the molecule is C[NH+]1CCC2(CC1)Oc1ccccc1[C@H]1C=C(c3ccc(Cl)cc3Cl)NN12. The third-order valence-corrected chi connectivity index (χ3v) is 6.47. The molecule has 2 aromatic carbocycles. The lowest BCUT2D eigenvalue weighted by Crippen LogP contribution is -3.11. The molecular formula is C21H22Cl2N3O+. The van der Waals surface area contributed by atoms with Crippen LogP contribution < -0.4 is 15.1 Å². The van der Waals surface area contributed by atoms with Crippen LogP contribution in [0.2, 0.25) is 10.0 Å². The molecule has 140 valence electrons. The summed E-state index contributed by atoms with van der Waals surface area (Å²) < 4.78 is 6.62. The van der Waals surface area contributed by atoms with Crippen molar-refractivity contribution in [2.24, 2.45) is 0 Å². The Labute approximate surface area is 169 Å². The van der Waals surface area contributed by atoms with Gasteiger partial charge >= 0.3 is 0 Å². The molecule has 1 fully saturated rings. The number of fused-ring (bicyclic) bond motifs is 4. The highest BCUT2D eigenvalue weighted by Gasteiger charge is 2.52. The highest BCUT2D eigenvalue weighted by molar-refractivity contribution is 6.35. The van der Waals surface area contributed by atoms with Crippen LogP contribution in [0.3, 0.4) is 0 Å². The summed E-state index contributed by atoms with van der Waals surface area (Å²) in [6.07, 6.45) is 4.21. The maximum atomic E-state index is 6.62. The Morgan fingerprint density at radius 2 is 1.93 bits per heavy atom. The van der Waals surface area contributed by atoms with Crippen LogP contribution in [-0.2, 0) is 0 Å². The van der Waals surface area contributed by atoms with Crippen LogP contribution in [0.15, 0.2) is 48.5 Å². The first kappa shape index (κ1) is 17.4. The molecule has 5 rings (SSSR count). The minimum atomic E-state index is -0.338. The predicted molar refractivity (Wildman–Crippen MR) is 108 cm³/mol. The van der Waals surface area contributed by atoms with Crippen molar-refractivity contribution in [2.75, 3.05) is 20.1 Å². The molecular weight excluding hydrogens is 381 g/mol. The molecule has 0 saturated carbocycles. The largest absolute Gasteiger partial charge is 0.470 e. The van der Waals surface area contributed by atoms with Crippen LogP contribution in [0.4, 0.5) is 0 Å². The van der Waals surface area contributed by atoms with Crippen LogP contribution in [0.5, 0.6) is 5.75 Å². The Kier molecular flexibility index (Phi) is 4.13. The van der Waals surface area contributed by atoms with Gasteiger partial charge in [0, 0.05) is 16.1 Å². The summed E-state index contributed by atoms with van der Waals surface area (Å²) in [4.78, 5) is 1.55. The maximum absolute atomic E-state index is 6.62. The summed E-state index contributed by atoms with van der Waals surface area (Å²) in [6, 6.07) is 14.1. The Morgan fingerprint density at radius 1 is 1.15 bits per heavy atom. The number of piperidine rings is 1. The Balaban J connectivity index is 1.58. The molecule has 3 heterocycles. The molecule has 0 unspecified atom stereocenters. The summed E-state index contributed by atoms with van der Waals surface area (Å²) in [5.41, 5.74) is 6.43. The lowest BCUT2D eigenvalue weighted by molar-refractivity contribution is -0.888. The first-order valence-corrected chi connectivity index (χ1v) is 10.1. The highest BCUT2D eigenvalue weighted by Crippen LogP contribution is 2.48. The Bertz CT molecular complexity index is 921. The summed E-state index contributed by atoms with van der Waals surface area (Å²) in [5.74, 6) is 0.986. The number of halogens is 2. The van der Waals surface area contributed by atoms with E-state index in [1.807, 2.05) is 18.2 Å². The Hall–Kier alpha value is -1.72. The van der Waals surface area contributed by atoms with Crippen molar-refractivity contribution in [3.63, 3.8) is 0 Å². The monoisotopic (exact) mass is 402 g/mol. The van der Waals surface area contributed by atoms with Gasteiger partial charge in [0.2, 0.25) is 0 Å². The lowest BCUT2D eigenvalue weighted by Gasteiger charge is -2.50. The smallest absolute Gasteiger partial charge is 0.191 e. The predicted octanol–water partition coefficient (Wildman–Crippen LogP) is 3.29. The first-order chi connectivity index (χ1) is 13.1. The summed E-state index contributed by atoms with van der Waals surface area (Å²) in [5, 5.41) is 3.59. The molecule has 1 spiro atoms. The lowest BCUT2D eigenvalue weighted by atomic mass is 9.93. The number of rotatable bonds is 1. The second-order valence-electron chi connectivity index (χ2n) is 7.67. The van der Waals surface area contributed by atoms with E-state index < -0.39 is 0 Å². The van der Waals surface area contributed by atoms with Crippen LogP contribution in [-0.4, -0.2) is 30.9 Å². The zero-order valence-electron chi connectivity index (χ0n) is 15.1. The van der Waals surface area contributed by atoms with Crippen molar-refractivity contribution < 1.29 is 9.64 Å². The van der Waals surface area contributed by atoms with Gasteiger partial charge in [-0.2, -0.15) is 5.01 Å². The zero-order valence-corrected chi connectivity index (χ0v) is 16.6. The Morgan fingerprint density at radius 3 is 2.70 bits per heavy atom. The number of likely N-dealkylation sites (tertiary alicyclic amines) is 1. The fourth-order valence-corrected chi connectivity index (χ4v) is 4.90. The number of ether oxygens (including phenoxy) is 1. The van der Waals surface area contributed by atoms with Crippen LogP contribution in [0.25, 0.3) is 5.70 Å². The molecule has 0 radical (unpaired) electrons. The minimum absolute atomic E-state index is 0.120. The normalized spacial score (nSPS) is 29.5. The van der Waals surface area contributed by atoms with Crippen LogP contribution >= 0.6 is 23.2 Å². The van der Waals surface area contributed by atoms with Gasteiger partial charge in [-0.1, -0.05) is 41.4 Å². The molecule has 27 heavy (non-hydrogen) atoms. The highest BCUT2D eigenvalue weighted by atomic mass is 35.5. The molecule has 3 aliphatic rings. The van der Waals surface area contributed by atoms with E-state index >= 15 is 0 Å². The van der Waals surface area contributed by atoms with Gasteiger partial charge in [0.15, 0.2) is 5.72 Å². The standard InChI is InChI=1S/C21H21Cl2N3O/c1-25-10-8-21(9-11-25)26-19(16-4-2-3-5-20(16)27-21)13-18(24-26)15-7-6-14(22)12-17(15)23/h2-7,12-13,19,24H,8-11H2,1H3/p+1/t19-/m1/s1. The van der Waals surface area contributed by atoms with Gasteiger partial charge in [-0.15, -0.1) is 0 Å². The number of hydrogen-bond donors (Lipinski definition) is 2. The number of nitrogens with one attached hydrogen (secondary N) is 2. The van der Waals surface area contributed by atoms with E-state index in [-0.39, 0.29) is 11.8 Å². The first-order valence-electron chi connectivity index (χ1n) is 9.38. The average molecular weight is 403 g/mol. The van der Waals surface area contributed by atoms with Gasteiger partial charge in [-0.05, 0) is 30.3 Å². The van der Waals surface area contributed by atoms with E-state index in [1.165, 1.54) is 5.56 Å². The average Bonchev–Trinajstić information content (AvgIpc) is 3.11. The van der Waals surface area contributed by atoms with Crippen molar-refractivity contribution in [1.82, 2.24) is 10.4 Å². The van der Waals surface area contributed by atoms with Gasteiger partial charge < -0.3 is 15.1 Å². The molecule has 2 N–H and O–H groups in total. The number of hydrazine groups is 1. The van der Waals surface area contributed by atoms with Crippen LogP contribution in [0.1, 0.15) is 30.0 Å². The summed E-state index contributed by atoms with van der Waals surface area (Å²) in [6.45, 7) is 2.17. The molecule has 0 aromatic heterocycles. The van der Waals surface area contributed by atoms with Gasteiger partial charge in [0.1, 0.15) is 5.75 Å². The molecule has 6 heteroatoms. The molecule has 1 atom stereocenters. The van der Waals surface area contributed by atoms with E-state index in [2.05, 4.69) is 41.8 Å². The van der Waals surface area contributed by atoms with Crippen molar-refractivity contribution in [3.8, 4) is 5.75 Å². The fourth-order valence-electron chi connectivity index (χ4n) is 4.39. The van der Waals surface area contributed by atoms with Gasteiger partial charge in [-0.25, -0.2) is 0 Å². The molecule has 1 saturated heterocycles. The van der Waals surface area contributed by atoms with E-state index in [9.17, 15) is 0 Å². The van der Waals surface area contributed by atoms with Gasteiger partial charge in [0.05, 0.1) is 49.7 Å². The second-order valence-corrected chi connectivity index (χ2v) is 8.52. The number of para-hydroxylation sites is 1. The topological polar surface area (TPSA) is 28.9 Å². The van der Waals surface area contributed by atoms with Crippen molar-refractivity contribution in [3.05, 3.63) is 69.7 Å².